The van der Waals surface area contributed by atoms with E-state index >= 15 is 0 Å². The van der Waals surface area contributed by atoms with Gasteiger partial charge in [-0.1, -0.05) is 35.9 Å². The molecule has 3 aromatic rings. The fourth-order valence-corrected chi connectivity index (χ4v) is 3.66. The lowest BCUT2D eigenvalue weighted by molar-refractivity contribution is -0.0271. The molecule has 1 fully saturated rings. The van der Waals surface area contributed by atoms with E-state index < -0.39 is 6.10 Å². The number of aromatic hydroxyl groups is 1. The average Bonchev–Trinajstić information content (AvgIpc) is 3.07. The van der Waals surface area contributed by atoms with Gasteiger partial charge in [0.25, 0.3) is 0 Å². The summed E-state index contributed by atoms with van der Waals surface area (Å²) in [6, 6.07) is 12.9. The molecule has 6 heteroatoms. The summed E-state index contributed by atoms with van der Waals surface area (Å²) in [4.78, 5) is 10.3. The van der Waals surface area contributed by atoms with Gasteiger partial charge in [-0.3, -0.25) is 0 Å². The van der Waals surface area contributed by atoms with Gasteiger partial charge < -0.3 is 19.7 Å². The number of halogens is 1. The molecule has 1 aliphatic rings. The van der Waals surface area contributed by atoms with Crippen LogP contribution in [0.25, 0.3) is 11.0 Å². The summed E-state index contributed by atoms with van der Waals surface area (Å²) in [6.07, 6.45) is 1.58. The number of H-pyrrole nitrogens is 1. The van der Waals surface area contributed by atoms with Crippen LogP contribution in [0.2, 0.25) is 5.02 Å². The molecule has 0 bridgehead atoms. The smallest absolute Gasteiger partial charge is 0.144 e. The second-order valence-electron chi connectivity index (χ2n) is 6.84. The number of piperidine rings is 1. The highest BCUT2D eigenvalue weighted by Crippen LogP contribution is 2.35. The molecule has 1 saturated heterocycles. The van der Waals surface area contributed by atoms with Crippen LogP contribution < -0.4 is 0 Å². The Morgan fingerprint density at radius 1 is 1.19 bits per heavy atom. The number of likely N-dealkylation sites (tertiary alicyclic amines) is 1. The minimum atomic E-state index is -0.465. The van der Waals surface area contributed by atoms with E-state index in [9.17, 15) is 5.11 Å². The molecular weight excluding hydrogens is 350 g/mol. The summed E-state index contributed by atoms with van der Waals surface area (Å²) >= 11 is 6.28. The van der Waals surface area contributed by atoms with E-state index in [1.807, 2.05) is 30.3 Å². The average molecular weight is 372 g/mol. The maximum atomic E-state index is 10.4. The Morgan fingerprint density at radius 3 is 2.69 bits per heavy atom. The summed E-state index contributed by atoms with van der Waals surface area (Å²) in [7, 11) is 2.12. The number of phenolic OH excluding ortho intramolecular Hbond substituents is 1. The molecule has 4 rings (SSSR count). The van der Waals surface area contributed by atoms with Crippen molar-refractivity contribution in [3.05, 3.63) is 58.9 Å². The van der Waals surface area contributed by atoms with Gasteiger partial charge in [0.15, 0.2) is 0 Å². The summed E-state index contributed by atoms with van der Waals surface area (Å²) in [5.41, 5.74) is 2.29. The van der Waals surface area contributed by atoms with Crippen LogP contribution in [-0.2, 0) is 4.74 Å². The quantitative estimate of drug-likeness (QED) is 0.724. The zero-order valence-corrected chi connectivity index (χ0v) is 15.4. The molecule has 0 spiro atoms. The second kappa shape index (κ2) is 7.27. The van der Waals surface area contributed by atoms with Crippen LogP contribution in [0.3, 0.4) is 0 Å². The highest BCUT2D eigenvalue weighted by Gasteiger charge is 2.27. The molecule has 1 aromatic heterocycles. The lowest BCUT2D eigenvalue weighted by atomic mass is 10.0. The van der Waals surface area contributed by atoms with E-state index in [2.05, 4.69) is 21.9 Å². The number of nitrogens with zero attached hydrogens (tertiary/aromatic N) is 2. The van der Waals surface area contributed by atoms with Crippen LogP contribution in [0.1, 0.15) is 30.3 Å². The first-order valence-electron chi connectivity index (χ1n) is 8.88. The number of nitrogens with one attached hydrogen (secondary N) is 1. The van der Waals surface area contributed by atoms with Crippen molar-refractivity contribution in [3.8, 4) is 5.75 Å². The molecule has 26 heavy (non-hydrogen) atoms. The first-order valence-corrected chi connectivity index (χ1v) is 9.25. The second-order valence-corrected chi connectivity index (χ2v) is 7.24. The van der Waals surface area contributed by atoms with Crippen LogP contribution in [-0.4, -0.2) is 46.2 Å². The van der Waals surface area contributed by atoms with Gasteiger partial charge in [0.2, 0.25) is 0 Å². The molecule has 0 unspecified atom stereocenters. The Kier molecular flexibility index (Phi) is 4.85. The predicted molar refractivity (Wildman–Crippen MR) is 103 cm³/mol. The lowest BCUT2D eigenvalue weighted by Gasteiger charge is -2.31. The number of fused-ring (bicyclic) bond motifs is 1. The summed E-state index contributed by atoms with van der Waals surface area (Å²) in [5, 5.41) is 11.0. The topological polar surface area (TPSA) is 61.4 Å². The zero-order valence-electron chi connectivity index (χ0n) is 14.7. The van der Waals surface area contributed by atoms with Crippen molar-refractivity contribution in [1.29, 1.82) is 0 Å². The number of rotatable bonds is 4. The van der Waals surface area contributed by atoms with Crippen molar-refractivity contribution in [1.82, 2.24) is 14.9 Å². The van der Waals surface area contributed by atoms with E-state index in [4.69, 9.17) is 16.3 Å². The molecule has 1 aliphatic heterocycles. The third kappa shape index (κ3) is 3.43. The normalized spacial score (nSPS) is 17.6. The largest absolute Gasteiger partial charge is 0.508 e. The maximum absolute atomic E-state index is 10.4. The highest BCUT2D eigenvalue weighted by atomic mass is 35.5. The fraction of sp³-hybridized carbons (Fsp3) is 0.350. The molecular formula is C20H22ClN3O2. The molecule has 2 heterocycles. The van der Waals surface area contributed by atoms with E-state index in [1.54, 1.807) is 12.1 Å². The first-order chi connectivity index (χ1) is 12.6. The van der Waals surface area contributed by atoms with Gasteiger partial charge >= 0.3 is 0 Å². The number of aromatic amines is 1. The molecule has 0 amide bonds. The van der Waals surface area contributed by atoms with Crippen LogP contribution in [0.5, 0.6) is 5.75 Å². The number of ether oxygens (including phenoxy) is 1. The number of imidazole rings is 1. The standard InChI is InChI=1S/C20H22ClN3O2/c1-24-11-9-13(10-12-24)26-19(14-5-2-3-8-17(14)25)20-22-16-7-4-6-15(21)18(16)23-20/h2-8,13,19,25H,9-12H2,1H3,(H,22,23)/t19-/m1/s1. The van der Waals surface area contributed by atoms with Gasteiger partial charge in [-0.2, -0.15) is 0 Å². The molecule has 1 atom stereocenters. The van der Waals surface area contributed by atoms with Crippen LogP contribution >= 0.6 is 11.6 Å². The molecule has 2 aromatic carbocycles. The molecule has 0 aliphatic carbocycles. The Balaban J connectivity index is 1.72. The van der Waals surface area contributed by atoms with Crippen LogP contribution in [0.4, 0.5) is 0 Å². The number of aromatic nitrogens is 2. The van der Waals surface area contributed by atoms with Crippen LogP contribution in [0.15, 0.2) is 42.5 Å². The van der Waals surface area contributed by atoms with Gasteiger partial charge in [0.05, 0.1) is 16.6 Å². The predicted octanol–water partition coefficient (Wildman–Crippen LogP) is 4.12. The number of hydrogen-bond donors (Lipinski definition) is 2. The highest BCUT2D eigenvalue weighted by molar-refractivity contribution is 6.34. The Hall–Kier alpha value is -2.08. The van der Waals surface area contributed by atoms with E-state index in [-0.39, 0.29) is 11.9 Å². The Morgan fingerprint density at radius 2 is 1.96 bits per heavy atom. The van der Waals surface area contributed by atoms with E-state index in [0.717, 1.165) is 37.0 Å². The van der Waals surface area contributed by atoms with Crippen molar-refractivity contribution >= 4 is 22.6 Å². The number of phenols is 1. The van der Waals surface area contributed by atoms with Gasteiger partial charge in [0.1, 0.15) is 23.2 Å². The third-order valence-electron chi connectivity index (χ3n) is 4.94. The minimum absolute atomic E-state index is 0.125. The summed E-state index contributed by atoms with van der Waals surface area (Å²) in [5.74, 6) is 0.866. The molecule has 0 saturated carbocycles. The Bertz CT molecular complexity index is 903. The first kappa shape index (κ1) is 17.3. The minimum Gasteiger partial charge on any atom is -0.508 e. The molecule has 2 N–H and O–H groups in total. The molecule has 0 radical (unpaired) electrons. The van der Waals surface area contributed by atoms with Gasteiger partial charge in [-0.05, 0) is 38.1 Å². The number of benzene rings is 2. The molecule has 5 nitrogen and oxygen atoms in total. The number of hydrogen-bond acceptors (Lipinski definition) is 4. The third-order valence-corrected chi connectivity index (χ3v) is 5.25. The van der Waals surface area contributed by atoms with Crippen molar-refractivity contribution in [3.63, 3.8) is 0 Å². The maximum Gasteiger partial charge on any atom is 0.144 e. The van der Waals surface area contributed by atoms with Crippen molar-refractivity contribution in [2.45, 2.75) is 25.0 Å². The zero-order chi connectivity index (χ0) is 18.1. The van der Waals surface area contributed by atoms with Crippen molar-refractivity contribution in [2.24, 2.45) is 0 Å². The van der Waals surface area contributed by atoms with E-state index in [0.29, 0.717) is 16.4 Å². The Labute approximate surface area is 157 Å². The van der Waals surface area contributed by atoms with E-state index in [1.165, 1.54) is 0 Å². The van der Waals surface area contributed by atoms with Crippen molar-refractivity contribution in [2.75, 3.05) is 20.1 Å². The number of para-hydroxylation sites is 2. The SMILES string of the molecule is CN1CCC(O[C@@H](c2nc3c(Cl)cccc3[nH]2)c2ccccc2O)CC1. The van der Waals surface area contributed by atoms with Gasteiger partial charge in [0, 0.05) is 18.7 Å². The summed E-state index contributed by atoms with van der Waals surface area (Å²) in [6.45, 7) is 2.01. The van der Waals surface area contributed by atoms with Crippen LogP contribution in [0, 0.1) is 0 Å². The monoisotopic (exact) mass is 371 g/mol. The fourth-order valence-electron chi connectivity index (χ4n) is 3.45. The van der Waals surface area contributed by atoms with Gasteiger partial charge in [-0.25, -0.2) is 4.98 Å². The van der Waals surface area contributed by atoms with Gasteiger partial charge in [-0.15, -0.1) is 0 Å². The lowest BCUT2D eigenvalue weighted by Crippen LogP contribution is -2.35. The summed E-state index contributed by atoms with van der Waals surface area (Å²) < 4.78 is 6.44. The van der Waals surface area contributed by atoms with Crippen molar-refractivity contribution < 1.29 is 9.84 Å². The molecule has 136 valence electrons.